The summed E-state index contributed by atoms with van der Waals surface area (Å²) in [5, 5.41) is 1.53. The largest absolute Gasteiger partial charge is 0.462 e. The summed E-state index contributed by atoms with van der Waals surface area (Å²) in [7, 11) is 0. The molecule has 0 spiro atoms. The molecular formula is C8H5NO3S. The molecule has 5 heteroatoms. The Morgan fingerprint density at radius 1 is 1.54 bits per heavy atom. The normalized spacial score (nSPS) is 10.5. The van der Waals surface area contributed by atoms with Crippen LogP contribution in [0.15, 0.2) is 26.9 Å². The number of carbonyl (C=O) groups is 1. The van der Waals surface area contributed by atoms with Gasteiger partial charge in [0.25, 0.3) is 5.91 Å². The van der Waals surface area contributed by atoms with Gasteiger partial charge in [-0.1, -0.05) is 0 Å². The lowest BCUT2D eigenvalue weighted by atomic mass is 10.3. The highest BCUT2D eigenvalue weighted by atomic mass is 32.1. The number of thiophene rings is 1. The van der Waals surface area contributed by atoms with Gasteiger partial charge in [-0.15, -0.1) is 11.3 Å². The minimum atomic E-state index is -0.583. The van der Waals surface area contributed by atoms with E-state index in [-0.39, 0.29) is 16.6 Å². The van der Waals surface area contributed by atoms with Crippen LogP contribution in [0.1, 0.15) is 10.4 Å². The van der Waals surface area contributed by atoms with Gasteiger partial charge in [0, 0.05) is 11.4 Å². The topological polar surface area (TPSA) is 73.3 Å². The minimum Gasteiger partial charge on any atom is -0.462 e. The molecular weight excluding hydrogens is 190 g/mol. The molecule has 0 aliphatic rings. The fourth-order valence-corrected chi connectivity index (χ4v) is 1.95. The number of hydrogen-bond acceptors (Lipinski definition) is 4. The Balaban J connectivity index is 2.91. The maximum atomic E-state index is 11.2. The third kappa shape index (κ3) is 1.13. The van der Waals surface area contributed by atoms with Gasteiger partial charge in [0.1, 0.15) is 4.70 Å². The Labute approximate surface area is 76.6 Å². The summed E-state index contributed by atoms with van der Waals surface area (Å²) >= 11 is 1.16. The van der Waals surface area contributed by atoms with Crippen LogP contribution in [0.4, 0.5) is 0 Å². The lowest BCUT2D eigenvalue weighted by Crippen LogP contribution is -2.10. The molecule has 4 nitrogen and oxygen atoms in total. The quantitative estimate of drug-likeness (QED) is 0.736. The molecule has 2 rings (SSSR count). The summed E-state index contributed by atoms with van der Waals surface area (Å²) in [5.74, 6) is -0.583. The second-order valence-corrected chi connectivity index (χ2v) is 3.34. The molecule has 0 aromatic carbocycles. The fourth-order valence-electron chi connectivity index (χ4n) is 1.04. The highest BCUT2D eigenvalue weighted by Crippen LogP contribution is 2.21. The molecule has 0 atom stereocenters. The zero-order valence-electron chi connectivity index (χ0n) is 6.44. The Kier molecular flexibility index (Phi) is 1.66. The zero-order valence-corrected chi connectivity index (χ0v) is 7.26. The number of nitrogens with two attached hydrogens (primary N) is 1. The van der Waals surface area contributed by atoms with E-state index in [0.717, 1.165) is 11.3 Å². The molecule has 2 N–H and O–H groups in total. The van der Waals surface area contributed by atoms with Crippen LogP contribution in [-0.2, 0) is 0 Å². The maximum Gasteiger partial charge on any atom is 0.253 e. The van der Waals surface area contributed by atoms with Crippen molar-refractivity contribution in [2.75, 3.05) is 0 Å². The molecule has 0 aliphatic heterocycles. The first-order chi connectivity index (χ1) is 6.20. The van der Waals surface area contributed by atoms with Crippen LogP contribution < -0.4 is 11.2 Å². The van der Waals surface area contributed by atoms with Crippen molar-refractivity contribution in [3.63, 3.8) is 0 Å². The first-order valence-corrected chi connectivity index (χ1v) is 4.37. The summed E-state index contributed by atoms with van der Waals surface area (Å²) in [4.78, 5) is 22.1. The first-order valence-electron chi connectivity index (χ1n) is 3.49. The van der Waals surface area contributed by atoms with E-state index in [4.69, 9.17) is 10.2 Å². The van der Waals surface area contributed by atoms with Crippen molar-refractivity contribution in [2.45, 2.75) is 0 Å². The molecule has 0 radical (unpaired) electrons. The Morgan fingerprint density at radius 2 is 2.31 bits per heavy atom. The van der Waals surface area contributed by atoms with Crippen molar-refractivity contribution in [3.05, 3.63) is 33.5 Å². The van der Waals surface area contributed by atoms with Gasteiger partial charge in [-0.2, -0.15) is 0 Å². The maximum absolute atomic E-state index is 11.2. The van der Waals surface area contributed by atoms with E-state index >= 15 is 0 Å². The molecule has 2 aromatic heterocycles. The van der Waals surface area contributed by atoms with Crippen LogP contribution in [0.25, 0.3) is 10.3 Å². The van der Waals surface area contributed by atoms with Crippen molar-refractivity contribution in [1.29, 1.82) is 0 Å². The third-order valence-corrected chi connectivity index (χ3v) is 2.62. The monoisotopic (exact) mass is 195 g/mol. The molecule has 66 valence electrons. The second-order valence-electron chi connectivity index (χ2n) is 2.46. The highest BCUT2D eigenvalue weighted by Gasteiger charge is 2.12. The lowest BCUT2D eigenvalue weighted by Gasteiger charge is -1.89. The van der Waals surface area contributed by atoms with Gasteiger partial charge in [-0.3, -0.25) is 9.59 Å². The van der Waals surface area contributed by atoms with E-state index in [2.05, 4.69) is 0 Å². The van der Waals surface area contributed by atoms with Crippen molar-refractivity contribution in [3.8, 4) is 0 Å². The summed E-state index contributed by atoms with van der Waals surface area (Å²) in [6.07, 6.45) is 1.25. The number of fused-ring (bicyclic) bond motifs is 1. The van der Waals surface area contributed by atoms with Gasteiger partial charge in [0.15, 0.2) is 5.58 Å². The third-order valence-electron chi connectivity index (χ3n) is 1.64. The number of hydrogen-bond donors (Lipinski definition) is 1. The van der Waals surface area contributed by atoms with Crippen molar-refractivity contribution in [1.82, 2.24) is 0 Å². The average molecular weight is 195 g/mol. The molecule has 0 saturated carbocycles. The van der Waals surface area contributed by atoms with Crippen molar-refractivity contribution < 1.29 is 9.21 Å². The van der Waals surface area contributed by atoms with Crippen molar-refractivity contribution in [2.24, 2.45) is 5.73 Å². The van der Waals surface area contributed by atoms with Crippen LogP contribution in [0, 0.1) is 0 Å². The summed E-state index contributed by atoms with van der Waals surface area (Å²) in [6.45, 7) is 0. The van der Waals surface area contributed by atoms with E-state index in [1.54, 1.807) is 0 Å². The smallest absolute Gasteiger partial charge is 0.253 e. The van der Waals surface area contributed by atoms with Gasteiger partial charge in [0.05, 0.1) is 11.8 Å². The first kappa shape index (κ1) is 8.00. The van der Waals surface area contributed by atoms with Gasteiger partial charge >= 0.3 is 0 Å². The van der Waals surface area contributed by atoms with Crippen LogP contribution in [0.3, 0.4) is 0 Å². The fraction of sp³-hybridized carbons (Fsp3) is 0. The molecule has 2 heterocycles. The van der Waals surface area contributed by atoms with E-state index in [1.807, 2.05) is 0 Å². The Hall–Kier alpha value is -1.62. The average Bonchev–Trinajstić information content (AvgIpc) is 2.48. The number of carbonyl (C=O) groups excluding carboxylic acids is 1. The molecule has 0 bridgehead atoms. The molecule has 0 aliphatic carbocycles. The standard InChI is InChI=1S/C8H5NO3S/c9-8(11)4-3-13-7-5(10)1-2-12-6(4)7/h1-3H,(H2,9,11). The van der Waals surface area contributed by atoms with E-state index in [1.165, 1.54) is 17.7 Å². The molecule has 1 amide bonds. The Bertz CT molecular complexity index is 525. The van der Waals surface area contributed by atoms with Crippen molar-refractivity contribution >= 4 is 27.5 Å². The predicted molar refractivity (Wildman–Crippen MR) is 48.9 cm³/mol. The summed E-state index contributed by atoms with van der Waals surface area (Å²) in [6, 6.07) is 1.31. The minimum absolute atomic E-state index is 0.154. The second kappa shape index (κ2) is 2.70. The van der Waals surface area contributed by atoms with Gasteiger partial charge in [-0.25, -0.2) is 0 Å². The molecule has 13 heavy (non-hydrogen) atoms. The Morgan fingerprint density at radius 3 is 3.00 bits per heavy atom. The molecule has 0 unspecified atom stereocenters. The van der Waals surface area contributed by atoms with Crippen LogP contribution in [0.2, 0.25) is 0 Å². The van der Waals surface area contributed by atoms with Gasteiger partial charge < -0.3 is 10.2 Å². The van der Waals surface area contributed by atoms with Gasteiger partial charge in [-0.05, 0) is 0 Å². The van der Waals surface area contributed by atoms with Crippen LogP contribution in [-0.4, -0.2) is 5.91 Å². The van der Waals surface area contributed by atoms with Gasteiger partial charge in [0.2, 0.25) is 5.43 Å². The van der Waals surface area contributed by atoms with Crippen LogP contribution >= 0.6 is 11.3 Å². The number of primary amides is 1. The zero-order chi connectivity index (χ0) is 9.42. The van der Waals surface area contributed by atoms with E-state index in [0.29, 0.717) is 4.70 Å². The summed E-state index contributed by atoms with van der Waals surface area (Å²) in [5.41, 5.74) is 5.47. The molecule has 0 fully saturated rings. The van der Waals surface area contributed by atoms with Crippen LogP contribution in [0.5, 0.6) is 0 Å². The summed E-state index contributed by atoms with van der Waals surface area (Å²) < 4.78 is 5.46. The predicted octanol–water partition coefficient (Wildman–Crippen LogP) is 0.953. The van der Waals surface area contributed by atoms with E-state index in [9.17, 15) is 9.59 Å². The van der Waals surface area contributed by atoms with E-state index < -0.39 is 5.91 Å². The number of rotatable bonds is 1. The highest BCUT2D eigenvalue weighted by molar-refractivity contribution is 7.17. The molecule has 0 saturated heterocycles. The molecule has 2 aromatic rings. The SMILES string of the molecule is NC(=O)c1csc2c(=O)ccoc12. The number of amides is 1. The lowest BCUT2D eigenvalue weighted by molar-refractivity contribution is 0.100.